The van der Waals surface area contributed by atoms with Gasteiger partial charge in [0.15, 0.2) is 5.16 Å². The number of aryl methyl sites for hydroxylation is 1. The van der Waals surface area contributed by atoms with E-state index in [4.69, 9.17) is 4.98 Å². The summed E-state index contributed by atoms with van der Waals surface area (Å²) in [6.45, 7) is 8.53. The minimum Gasteiger partial charge on any atom is -0.335 e. The van der Waals surface area contributed by atoms with Crippen LogP contribution in [0.5, 0.6) is 0 Å². The second-order valence-electron chi connectivity index (χ2n) is 6.33. The highest BCUT2D eigenvalue weighted by atomic mass is 32.2. The van der Waals surface area contributed by atoms with E-state index in [1.54, 1.807) is 17.1 Å². The molecule has 4 nitrogen and oxygen atoms in total. The number of thioether (sulfide) groups is 1. The minimum atomic E-state index is 0.0791. The van der Waals surface area contributed by atoms with Gasteiger partial charge >= 0.3 is 0 Å². The molecule has 0 radical (unpaired) electrons. The molecule has 1 heterocycles. The Kier molecular flexibility index (Phi) is 6.34. The Balaban J connectivity index is 1.83. The number of hydrogen-bond acceptors (Lipinski definition) is 3. The second kappa shape index (κ2) is 8.90. The van der Waals surface area contributed by atoms with Crippen molar-refractivity contribution in [1.29, 1.82) is 0 Å². The lowest BCUT2D eigenvalue weighted by atomic mass is 10.0. The van der Waals surface area contributed by atoms with E-state index < -0.39 is 0 Å². The molecule has 1 aromatic heterocycles. The average Bonchev–Trinajstić information content (AvgIpc) is 3.05. The molecular weight excluding hydrogens is 342 g/mol. The number of carbonyl (C=O) groups is 1. The van der Waals surface area contributed by atoms with Crippen molar-refractivity contribution in [2.45, 2.75) is 30.8 Å². The van der Waals surface area contributed by atoms with Gasteiger partial charge in [0.2, 0.25) is 5.91 Å². The minimum absolute atomic E-state index is 0.0791. The summed E-state index contributed by atoms with van der Waals surface area (Å²) in [6.07, 6.45) is 7.95. The number of imidazole rings is 1. The second-order valence-corrected chi connectivity index (χ2v) is 7.27. The van der Waals surface area contributed by atoms with E-state index in [1.807, 2.05) is 18.2 Å². The van der Waals surface area contributed by atoms with Crippen LogP contribution in [0.1, 0.15) is 24.2 Å². The summed E-state index contributed by atoms with van der Waals surface area (Å²) in [7, 11) is 0. The Morgan fingerprint density at radius 1 is 1.15 bits per heavy atom. The number of amides is 1. The topological polar surface area (TPSA) is 38.1 Å². The monoisotopic (exact) mass is 367 g/mol. The lowest BCUT2D eigenvalue weighted by Gasteiger charge is -2.19. The lowest BCUT2D eigenvalue weighted by Crippen LogP contribution is -2.32. The fourth-order valence-electron chi connectivity index (χ4n) is 3.26. The van der Waals surface area contributed by atoms with Gasteiger partial charge in [-0.1, -0.05) is 42.1 Å². The van der Waals surface area contributed by atoms with Crippen molar-refractivity contribution >= 4 is 17.7 Å². The molecular formula is C21H25N3OS. The van der Waals surface area contributed by atoms with Crippen LogP contribution in [-0.2, 0) is 17.6 Å². The van der Waals surface area contributed by atoms with Crippen LogP contribution < -0.4 is 0 Å². The predicted molar refractivity (Wildman–Crippen MR) is 108 cm³/mol. The fraction of sp³-hybridized carbons (Fsp3) is 0.333. The number of fused-ring (bicyclic) bond motifs is 1. The van der Waals surface area contributed by atoms with Crippen molar-refractivity contribution in [1.82, 2.24) is 14.5 Å². The highest BCUT2D eigenvalue weighted by Gasteiger charge is 2.22. The summed E-state index contributed by atoms with van der Waals surface area (Å²) < 4.78 is 2.23. The molecule has 0 aliphatic heterocycles. The SMILES string of the molecule is C=CCN(CC=C)C(=O)CSc1nc2c(n1-c1ccccc1)CCCC2. The maximum Gasteiger partial charge on any atom is 0.233 e. The first-order valence-corrected chi connectivity index (χ1v) is 10.0. The van der Waals surface area contributed by atoms with Gasteiger partial charge in [-0.2, -0.15) is 0 Å². The number of hydrogen-bond donors (Lipinski definition) is 0. The number of aromatic nitrogens is 2. The zero-order valence-corrected chi connectivity index (χ0v) is 15.9. The summed E-state index contributed by atoms with van der Waals surface area (Å²) in [4.78, 5) is 19.2. The van der Waals surface area contributed by atoms with Crippen LogP contribution in [0, 0.1) is 0 Å². The fourth-order valence-corrected chi connectivity index (χ4v) is 4.22. The van der Waals surface area contributed by atoms with E-state index in [0.717, 1.165) is 23.7 Å². The van der Waals surface area contributed by atoms with Crippen molar-refractivity contribution < 1.29 is 4.79 Å². The summed E-state index contributed by atoms with van der Waals surface area (Å²) in [6, 6.07) is 10.3. The first-order valence-electron chi connectivity index (χ1n) is 9.03. The van der Waals surface area contributed by atoms with Gasteiger partial charge in [0.1, 0.15) is 0 Å². The molecule has 5 heteroatoms. The van der Waals surface area contributed by atoms with Crippen LogP contribution in [0.4, 0.5) is 0 Å². The number of para-hydroxylation sites is 1. The molecule has 0 spiro atoms. The first kappa shape index (κ1) is 18.5. The molecule has 0 N–H and O–H groups in total. The molecule has 0 saturated carbocycles. The van der Waals surface area contributed by atoms with Gasteiger partial charge in [0.25, 0.3) is 0 Å². The average molecular weight is 368 g/mol. The molecule has 0 bridgehead atoms. The molecule has 26 heavy (non-hydrogen) atoms. The maximum atomic E-state index is 12.6. The smallest absolute Gasteiger partial charge is 0.233 e. The van der Waals surface area contributed by atoms with Crippen molar-refractivity contribution in [3.63, 3.8) is 0 Å². The molecule has 136 valence electrons. The van der Waals surface area contributed by atoms with Crippen LogP contribution in [-0.4, -0.2) is 39.2 Å². The van der Waals surface area contributed by atoms with E-state index in [2.05, 4.69) is 29.9 Å². The van der Waals surface area contributed by atoms with E-state index in [1.165, 1.54) is 36.0 Å². The van der Waals surface area contributed by atoms with Crippen LogP contribution in [0.3, 0.4) is 0 Å². The molecule has 1 aliphatic rings. The third kappa shape index (κ3) is 4.10. The Morgan fingerprint density at radius 2 is 1.85 bits per heavy atom. The van der Waals surface area contributed by atoms with E-state index in [0.29, 0.717) is 18.8 Å². The molecule has 1 aromatic carbocycles. The van der Waals surface area contributed by atoms with Gasteiger partial charge < -0.3 is 4.90 Å². The molecule has 0 atom stereocenters. The van der Waals surface area contributed by atoms with E-state index in [-0.39, 0.29) is 5.91 Å². The third-order valence-corrected chi connectivity index (χ3v) is 5.42. The van der Waals surface area contributed by atoms with Gasteiger partial charge in [0, 0.05) is 24.5 Å². The van der Waals surface area contributed by atoms with Gasteiger partial charge in [-0.15, -0.1) is 13.2 Å². The highest BCUT2D eigenvalue weighted by molar-refractivity contribution is 7.99. The Labute approximate surface area is 159 Å². The predicted octanol–water partition coefficient (Wildman–Crippen LogP) is 4.04. The summed E-state index contributed by atoms with van der Waals surface area (Å²) in [5, 5.41) is 0.911. The number of benzene rings is 1. The summed E-state index contributed by atoms with van der Waals surface area (Å²) >= 11 is 1.52. The Bertz CT molecular complexity index is 772. The Morgan fingerprint density at radius 3 is 2.54 bits per heavy atom. The number of nitrogens with zero attached hydrogens (tertiary/aromatic N) is 3. The van der Waals surface area contributed by atoms with Crippen molar-refractivity contribution in [3.8, 4) is 5.69 Å². The lowest BCUT2D eigenvalue weighted by molar-refractivity contribution is -0.127. The highest BCUT2D eigenvalue weighted by Crippen LogP contribution is 2.30. The Hall–Kier alpha value is -2.27. The van der Waals surface area contributed by atoms with Crippen LogP contribution in [0.25, 0.3) is 5.69 Å². The molecule has 3 rings (SSSR count). The van der Waals surface area contributed by atoms with Crippen LogP contribution >= 0.6 is 11.8 Å². The van der Waals surface area contributed by atoms with Gasteiger partial charge in [-0.25, -0.2) is 4.98 Å². The van der Waals surface area contributed by atoms with Gasteiger partial charge in [-0.3, -0.25) is 9.36 Å². The first-order chi connectivity index (χ1) is 12.7. The van der Waals surface area contributed by atoms with E-state index >= 15 is 0 Å². The van der Waals surface area contributed by atoms with E-state index in [9.17, 15) is 4.79 Å². The molecule has 0 fully saturated rings. The third-order valence-electron chi connectivity index (χ3n) is 4.49. The van der Waals surface area contributed by atoms with Gasteiger partial charge in [0.05, 0.1) is 11.4 Å². The standard InChI is InChI=1S/C21H25N3OS/c1-3-14-23(15-4-2)20(25)16-26-21-22-18-12-8-9-13-19(18)24(21)17-10-6-5-7-11-17/h3-7,10-11H,1-2,8-9,12-16H2. The normalized spacial score (nSPS) is 13.1. The molecule has 2 aromatic rings. The summed E-state index contributed by atoms with van der Waals surface area (Å²) in [5.74, 6) is 0.445. The quantitative estimate of drug-likeness (QED) is 0.522. The summed E-state index contributed by atoms with van der Waals surface area (Å²) in [5.41, 5.74) is 3.60. The molecule has 1 amide bonds. The van der Waals surface area contributed by atoms with Crippen LogP contribution in [0.2, 0.25) is 0 Å². The number of carbonyl (C=O) groups excluding carboxylic acids is 1. The largest absolute Gasteiger partial charge is 0.335 e. The van der Waals surface area contributed by atoms with Crippen molar-refractivity contribution in [3.05, 3.63) is 67.0 Å². The zero-order chi connectivity index (χ0) is 18.4. The van der Waals surface area contributed by atoms with Crippen molar-refractivity contribution in [2.24, 2.45) is 0 Å². The zero-order valence-electron chi connectivity index (χ0n) is 15.1. The number of rotatable bonds is 8. The molecule has 1 aliphatic carbocycles. The molecule has 0 saturated heterocycles. The van der Waals surface area contributed by atoms with Crippen molar-refractivity contribution in [2.75, 3.05) is 18.8 Å². The molecule has 0 unspecified atom stereocenters. The maximum absolute atomic E-state index is 12.6. The van der Waals surface area contributed by atoms with Gasteiger partial charge in [-0.05, 0) is 37.8 Å². The van der Waals surface area contributed by atoms with Crippen LogP contribution in [0.15, 0.2) is 60.8 Å².